The highest BCUT2D eigenvalue weighted by Gasteiger charge is 2.66. The first kappa shape index (κ1) is 16.6. The quantitative estimate of drug-likeness (QED) is 0.370. The van der Waals surface area contributed by atoms with E-state index < -0.39 is 5.41 Å². The number of carbonyl (C=O) groups is 1. The Morgan fingerprint density at radius 2 is 1.61 bits per heavy atom. The van der Waals surface area contributed by atoms with Gasteiger partial charge in [0.25, 0.3) is 0 Å². The summed E-state index contributed by atoms with van der Waals surface area (Å²) in [5.74, 6) is 2.76. The van der Waals surface area contributed by atoms with Gasteiger partial charge in [-0.25, -0.2) is 5.43 Å². The van der Waals surface area contributed by atoms with E-state index in [4.69, 9.17) is 0 Å². The molecule has 0 aromatic carbocycles. The van der Waals surface area contributed by atoms with Crippen LogP contribution in [-0.2, 0) is 4.79 Å². The van der Waals surface area contributed by atoms with Gasteiger partial charge in [0.1, 0.15) is 0 Å². The standard InChI is InChI=1S/C18H26Br2N2O/c1-3-14(21-22-15(23)16(2)10-18(16,19)20)17-7-11-4-12(8-17)6-13(5-11)9-17/h11-13H,3-10H2,1-2H3,(H,22,23)/t11?,12?,13?,16-,17?/m1/s1. The molecule has 0 aliphatic heterocycles. The minimum absolute atomic E-state index is 0.0296. The third-order valence-electron chi connectivity index (χ3n) is 7.04. The van der Waals surface area contributed by atoms with Crippen LogP contribution < -0.4 is 5.43 Å². The summed E-state index contributed by atoms with van der Waals surface area (Å²) in [5, 5.41) is 4.68. The maximum absolute atomic E-state index is 12.5. The van der Waals surface area contributed by atoms with Gasteiger partial charge in [0.05, 0.1) is 8.65 Å². The zero-order chi connectivity index (χ0) is 16.5. The summed E-state index contributed by atoms with van der Waals surface area (Å²) >= 11 is 7.14. The van der Waals surface area contributed by atoms with Gasteiger partial charge in [-0.1, -0.05) is 38.8 Å². The Morgan fingerprint density at radius 1 is 1.13 bits per heavy atom. The number of halogens is 2. The van der Waals surface area contributed by atoms with Crippen LogP contribution >= 0.6 is 31.9 Å². The van der Waals surface area contributed by atoms with Gasteiger partial charge in [-0.05, 0) is 76.0 Å². The number of alkyl halides is 2. The third-order valence-corrected chi connectivity index (χ3v) is 9.35. The Balaban J connectivity index is 1.52. The van der Waals surface area contributed by atoms with Crippen molar-refractivity contribution in [3.05, 3.63) is 0 Å². The van der Waals surface area contributed by atoms with Gasteiger partial charge in [-0.2, -0.15) is 5.10 Å². The molecule has 5 rings (SSSR count). The second-order valence-electron chi connectivity index (χ2n) is 8.76. The van der Waals surface area contributed by atoms with Crippen molar-refractivity contribution in [2.75, 3.05) is 0 Å². The highest BCUT2D eigenvalue weighted by Crippen LogP contribution is 2.66. The molecule has 1 amide bonds. The van der Waals surface area contributed by atoms with Crippen molar-refractivity contribution in [1.29, 1.82) is 0 Å². The van der Waals surface area contributed by atoms with Crippen LogP contribution in [-0.4, -0.2) is 14.9 Å². The largest absolute Gasteiger partial charge is 0.272 e. The summed E-state index contributed by atoms with van der Waals surface area (Å²) in [4.78, 5) is 12.5. The van der Waals surface area contributed by atoms with Crippen LogP contribution in [0.1, 0.15) is 65.2 Å². The molecule has 0 radical (unpaired) electrons. The molecule has 0 unspecified atom stereocenters. The lowest BCUT2D eigenvalue weighted by Crippen LogP contribution is -2.50. The van der Waals surface area contributed by atoms with Crippen LogP contribution in [0.15, 0.2) is 5.10 Å². The Morgan fingerprint density at radius 3 is 2.00 bits per heavy atom. The number of carbonyl (C=O) groups excluding carboxylic acids is 1. The van der Waals surface area contributed by atoms with E-state index in [1.54, 1.807) is 0 Å². The van der Waals surface area contributed by atoms with Crippen LogP contribution in [0.5, 0.6) is 0 Å². The highest BCUT2D eigenvalue weighted by molar-refractivity contribution is 9.25. The van der Waals surface area contributed by atoms with E-state index in [1.807, 2.05) is 6.92 Å². The van der Waals surface area contributed by atoms with Crippen molar-refractivity contribution < 1.29 is 4.79 Å². The molecule has 4 bridgehead atoms. The summed E-state index contributed by atoms with van der Waals surface area (Å²) in [7, 11) is 0. The lowest BCUT2D eigenvalue weighted by molar-refractivity contribution is -0.125. The molecule has 3 nitrogen and oxygen atoms in total. The van der Waals surface area contributed by atoms with Crippen LogP contribution in [0.4, 0.5) is 0 Å². The number of amides is 1. The Hall–Kier alpha value is 0.1000. The first-order chi connectivity index (χ1) is 10.8. The zero-order valence-electron chi connectivity index (χ0n) is 14.0. The molecular weight excluding hydrogens is 420 g/mol. The maximum Gasteiger partial charge on any atom is 0.248 e. The topological polar surface area (TPSA) is 41.5 Å². The van der Waals surface area contributed by atoms with Crippen LogP contribution in [0.25, 0.3) is 0 Å². The van der Waals surface area contributed by atoms with Crippen LogP contribution in [0.3, 0.4) is 0 Å². The molecule has 0 aromatic heterocycles. The minimum atomic E-state index is -0.392. The molecule has 128 valence electrons. The normalized spacial score (nSPS) is 46.8. The van der Waals surface area contributed by atoms with E-state index in [0.717, 1.165) is 30.6 Å². The fourth-order valence-corrected chi connectivity index (χ4v) is 7.41. The SMILES string of the molecule is CCC(=NNC(=O)[C@@]1(C)CC1(Br)Br)C12CC3CC(CC(C3)C1)C2. The summed E-state index contributed by atoms with van der Waals surface area (Å²) in [5.41, 5.74) is 4.06. The Kier molecular flexibility index (Phi) is 3.81. The maximum atomic E-state index is 12.5. The summed E-state index contributed by atoms with van der Waals surface area (Å²) in [6.45, 7) is 4.18. The first-order valence-corrected chi connectivity index (χ1v) is 10.6. The molecule has 5 aliphatic rings. The first-order valence-electron chi connectivity index (χ1n) is 9.03. The van der Waals surface area contributed by atoms with Gasteiger partial charge in [0.2, 0.25) is 5.91 Å². The Labute approximate surface area is 155 Å². The Bertz CT molecular complexity index is 536. The third kappa shape index (κ3) is 2.56. The van der Waals surface area contributed by atoms with E-state index >= 15 is 0 Å². The number of nitrogens with zero attached hydrogens (tertiary/aromatic N) is 1. The van der Waals surface area contributed by atoms with Crippen molar-refractivity contribution in [3.63, 3.8) is 0 Å². The average Bonchev–Trinajstić information content (AvgIpc) is 2.97. The van der Waals surface area contributed by atoms with Crippen molar-refractivity contribution in [2.24, 2.45) is 33.7 Å². The van der Waals surface area contributed by atoms with Crippen molar-refractivity contribution in [1.82, 2.24) is 5.43 Å². The fraction of sp³-hybridized carbons (Fsp3) is 0.889. The average molecular weight is 446 g/mol. The molecular formula is C18H26Br2N2O. The summed E-state index contributed by atoms with van der Waals surface area (Å²) < 4.78 is -0.250. The fourth-order valence-electron chi connectivity index (χ4n) is 5.92. The van der Waals surface area contributed by atoms with Gasteiger partial charge in [-0.15, -0.1) is 0 Å². The van der Waals surface area contributed by atoms with Crippen molar-refractivity contribution in [3.8, 4) is 0 Å². The smallest absolute Gasteiger partial charge is 0.248 e. The second kappa shape index (κ2) is 5.30. The number of rotatable bonds is 4. The highest BCUT2D eigenvalue weighted by atomic mass is 79.9. The van der Waals surface area contributed by atoms with Gasteiger partial charge in [0.15, 0.2) is 0 Å². The molecule has 0 saturated heterocycles. The van der Waals surface area contributed by atoms with Gasteiger partial charge in [-0.3, -0.25) is 4.79 Å². The molecule has 0 aromatic rings. The molecule has 1 N–H and O–H groups in total. The van der Waals surface area contributed by atoms with E-state index in [0.29, 0.717) is 5.41 Å². The predicted molar refractivity (Wildman–Crippen MR) is 99.8 cm³/mol. The van der Waals surface area contributed by atoms with E-state index in [9.17, 15) is 4.79 Å². The number of hydrogen-bond acceptors (Lipinski definition) is 2. The second-order valence-corrected chi connectivity index (χ2v) is 12.5. The minimum Gasteiger partial charge on any atom is -0.272 e. The molecule has 23 heavy (non-hydrogen) atoms. The molecule has 0 heterocycles. The molecule has 1 atom stereocenters. The summed E-state index contributed by atoms with van der Waals surface area (Å²) in [6, 6.07) is 0. The molecule has 5 saturated carbocycles. The number of hydrogen-bond donors (Lipinski definition) is 1. The van der Waals surface area contributed by atoms with Gasteiger partial charge in [0, 0.05) is 11.1 Å². The van der Waals surface area contributed by atoms with Crippen LogP contribution in [0, 0.1) is 28.6 Å². The molecule has 5 aliphatic carbocycles. The zero-order valence-corrected chi connectivity index (χ0v) is 17.2. The summed E-state index contributed by atoms with van der Waals surface area (Å²) in [6.07, 6.45) is 10.00. The molecule has 0 spiro atoms. The van der Waals surface area contributed by atoms with Crippen LogP contribution in [0.2, 0.25) is 0 Å². The van der Waals surface area contributed by atoms with Gasteiger partial charge < -0.3 is 0 Å². The lowest BCUT2D eigenvalue weighted by Gasteiger charge is -2.57. The van der Waals surface area contributed by atoms with E-state index in [2.05, 4.69) is 49.3 Å². The predicted octanol–water partition coefficient (Wildman–Crippen LogP) is 4.98. The molecule has 5 heteroatoms. The van der Waals surface area contributed by atoms with E-state index in [1.165, 1.54) is 44.2 Å². The van der Waals surface area contributed by atoms with Crippen molar-refractivity contribution in [2.45, 2.75) is 68.4 Å². The number of hydrazone groups is 1. The van der Waals surface area contributed by atoms with E-state index in [-0.39, 0.29) is 9.14 Å². The molecule has 5 fully saturated rings. The monoisotopic (exact) mass is 444 g/mol. The van der Waals surface area contributed by atoms with Gasteiger partial charge >= 0.3 is 0 Å². The van der Waals surface area contributed by atoms with Crippen molar-refractivity contribution >= 4 is 43.5 Å². The number of nitrogens with one attached hydrogen (secondary N) is 1. The lowest BCUT2D eigenvalue weighted by atomic mass is 9.48.